The van der Waals surface area contributed by atoms with Crippen molar-refractivity contribution in [3.05, 3.63) is 35.4 Å². The van der Waals surface area contributed by atoms with Gasteiger partial charge in [-0.1, -0.05) is 24.3 Å². The molecule has 1 saturated heterocycles. The summed E-state index contributed by atoms with van der Waals surface area (Å²) >= 11 is 0. The molecule has 1 fully saturated rings. The van der Waals surface area contributed by atoms with Crippen molar-refractivity contribution in [2.75, 3.05) is 19.7 Å². The molecule has 1 amide bonds. The Morgan fingerprint density at radius 2 is 2.00 bits per heavy atom. The number of morpholine rings is 1. The van der Waals surface area contributed by atoms with Gasteiger partial charge >= 0.3 is 0 Å². The topological polar surface area (TPSA) is 67.6 Å². The first-order valence-electron chi connectivity index (χ1n) is 6.92. The average Bonchev–Trinajstić information content (AvgIpc) is 2.40. The summed E-state index contributed by atoms with van der Waals surface area (Å²) in [6.45, 7) is 7.82. The molecule has 5 nitrogen and oxygen atoms in total. The van der Waals surface area contributed by atoms with Crippen LogP contribution in [-0.2, 0) is 22.5 Å². The number of rotatable bonds is 4. The van der Waals surface area contributed by atoms with Crippen LogP contribution in [0.15, 0.2) is 24.3 Å². The Morgan fingerprint density at radius 3 is 2.60 bits per heavy atom. The molecule has 0 saturated carbocycles. The normalized spacial score (nSPS) is 18.8. The third kappa shape index (κ3) is 4.30. The van der Waals surface area contributed by atoms with E-state index in [2.05, 4.69) is 36.3 Å². The Kier molecular flexibility index (Phi) is 4.75. The molecule has 0 atom stereocenters. The molecule has 5 heteroatoms. The van der Waals surface area contributed by atoms with Crippen molar-refractivity contribution in [3.63, 3.8) is 0 Å². The van der Waals surface area contributed by atoms with E-state index in [1.54, 1.807) is 0 Å². The van der Waals surface area contributed by atoms with Crippen LogP contribution >= 0.6 is 0 Å². The van der Waals surface area contributed by atoms with Crippen molar-refractivity contribution >= 4 is 5.91 Å². The Morgan fingerprint density at radius 1 is 1.35 bits per heavy atom. The summed E-state index contributed by atoms with van der Waals surface area (Å²) < 4.78 is 5.71. The average molecular weight is 277 g/mol. The Balaban J connectivity index is 1.92. The molecule has 0 unspecified atom stereocenters. The van der Waals surface area contributed by atoms with Crippen LogP contribution in [0.25, 0.3) is 0 Å². The molecular formula is C15H23N3O2. The zero-order valence-electron chi connectivity index (χ0n) is 12.2. The van der Waals surface area contributed by atoms with E-state index in [-0.39, 0.29) is 11.5 Å². The van der Waals surface area contributed by atoms with Crippen LogP contribution in [0.4, 0.5) is 0 Å². The van der Waals surface area contributed by atoms with Crippen LogP contribution in [0.2, 0.25) is 0 Å². The number of nitrogens with zero attached hydrogens (tertiary/aromatic N) is 1. The van der Waals surface area contributed by atoms with Crippen molar-refractivity contribution in [3.8, 4) is 0 Å². The first-order chi connectivity index (χ1) is 9.48. The maximum atomic E-state index is 11.2. The third-order valence-electron chi connectivity index (χ3n) is 3.46. The SMILES string of the molecule is CC1(C)CN(Cc2ccc(CC(=O)NN)cc2)CCO1. The maximum Gasteiger partial charge on any atom is 0.238 e. The van der Waals surface area contributed by atoms with Crippen LogP contribution in [-0.4, -0.2) is 36.1 Å². The Labute approximate surface area is 120 Å². The quantitative estimate of drug-likeness (QED) is 0.486. The lowest BCUT2D eigenvalue weighted by Crippen LogP contribution is -2.47. The molecule has 0 bridgehead atoms. The van der Waals surface area contributed by atoms with Gasteiger partial charge in [0, 0.05) is 19.6 Å². The van der Waals surface area contributed by atoms with Gasteiger partial charge in [0.15, 0.2) is 0 Å². The highest BCUT2D eigenvalue weighted by molar-refractivity contribution is 5.77. The van der Waals surface area contributed by atoms with Crippen LogP contribution in [0, 0.1) is 0 Å². The molecule has 0 spiro atoms. The predicted octanol–water partition coefficient (Wildman–Crippen LogP) is 0.830. The number of carbonyl (C=O) groups excluding carboxylic acids is 1. The standard InChI is InChI=1S/C15H23N3O2/c1-15(2)11-18(7-8-20-15)10-13-5-3-12(4-6-13)9-14(19)17-16/h3-6H,7-11,16H2,1-2H3,(H,17,19). The van der Waals surface area contributed by atoms with Crippen molar-refractivity contribution < 1.29 is 9.53 Å². The summed E-state index contributed by atoms with van der Waals surface area (Å²) in [6, 6.07) is 8.11. The van der Waals surface area contributed by atoms with E-state index in [0.29, 0.717) is 6.42 Å². The van der Waals surface area contributed by atoms with Gasteiger partial charge in [0.05, 0.1) is 18.6 Å². The molecule has 0 aliphatic carbocycles. The van der Waals surface area contributed by atoms with Crippen LogP contribution in [0.5, 0.6) is 0 Å². The third-order valence-corrected chi connectivity index (χ3v) is 3.46. The number of ether oxygens (including phenoxy) is 1. The summed E-state index contributed by atoms with van der Waals surface area (Å²) in [5.74, 6) is 4.91. The van der Waals surface area contributed by atoms with E-state index in [1.165, 1.54) is 5.56 Å². The minimum atomic E-state index is -0.173. The molecule has 1 aromatic carbocycles. The van der Waals surface area contributed by atoms with E-state index in [9.17, 15) is 4.79 Å². The second-order valence-electron chi connectivity index (χ2n) is 5.88. The van der Waals surface area contributed by atoms with E-state index < -0.39 is 0 Å². The van der Waals surface area contributed by atoms with Crippen molar-refractivity contribution in [2.24, 2.45) is 5.84 Å². The molecule has 20 heavy (non-hydrogen) atoms. The number of nitrogens with one attached hydrogen (secondary N) is 1. The van der Waals surface area contributed by atoms with Gasteiger partial charge in [0.1, 0.15) is 0 Å². The lowest BCUT2D eigenvalue weighted by molar-refractivity contribution is -0.120. The molecule has 110 valence electrons. The fraction of sp³-hybridized carbons (Fsp3) is 0.533. The molecule has 1 heterocycles. The number of hydrogen-bond donors (Lipinski definition) is 2. The van der Waals surface area contributed by atoms with Gasteiger partial charge in [-0.25, -0.2) is 5.84 Å². The van der Waals surface area contributed by atoms with E-state index in [4.69, 9.17) is 10.6 Å². The maximum absolute atomic E-state index is 11.2. The predicted molar refractivity (Wildman–Crippen MR) is 77.8 cm³/mol. The molecule has 3 N–H and O–H groups in total. The van der Waals surface area contributed by atoms with Gasteiger partial charge in [0.2, 0.25) is 5.91 Å². The first kappa shape index (κ1) is 15.0. The highest BCUT2D eigenvalue weighted by Crippen LogP contribution is 2.18. The zero-order chi connectivity index (χ0) is 14.6. The lowest BCUT2D eigenvalue weighted by Gasteiger charge is -2.38. The van der Waals surface area contributed by atoms with Crippen molar-refractivity contribution in [1.29, 1.82) is 0 Å². The van der Waals surface area contributed by atoms with Crippen molar-refractivity contribution in [1.82, 2.24) is 10.3 Å². The minimum Gasteiger partial charge on any atom is -0.373 e. The monoisotopic (exact) mass is 277 g/mol. The number of hydrazine groups is 1. The van der Waals surface area contributed by atoms with Gasteiger partial charge < -0.3 is 4.74 Å². The summed E-state index contributed by atoms with van der Waals surface area (Å²) in [7, 11) is 0. The van der Waals surface area contributed by atoms with Crippen LogP contribution in [0.3, 0.4) is 0 Å². The molecule has 1 aromatic rings. The summed E-state index contributed by atoms with van der Waals surface area (Å²) in [6.07, 6.45) is 0.321. The summed E-state index contributed by atoms with van der Waals surface area (Å²) in [5.41, 5.74) is 4.29. The summed E-state index contributed by atoms with van der Waals surface area (Å²) in [5, 5.41) is 0. The zero-order valence-corrected chi connectivity index (χ0v) is 12.2. The number of hydrogen-bond acceptors (Lipinski definition) is 4. The molecule has 1 aliphatic heterocycles. The number of amides is 1. The Bertz CT molecular complexity index is 457. The molecular weight excluding hydrogens is 254 g/mol. The fourth-order valence-corrected chi connectivity index (χ4v) is 2.51. The highest BCUT2D eigenvalue weighted by Gasteiger charge is 2.26. The van der Waals surface area contributed by atoms with E-state index >= 15 is 0 Å². The molecule has 0 radical (unpaired) electrons. The molecule has 2 rings (SSSR count). The van der Waals surface area contributed by atoms with Crippen molar-refractivity contribution in [2.45, 2.75) is 32.4 Å². The largest absolute Gasteiger partial charge is 0.373 e. The van der Waals surface area contributed by atoms with Crippen LogP contribution in [0.1, 0.15) is 25.0 Å². The minimum absolute atomic E-state index is 0.0720. The van der Waals surface area contributed by atoms with Gasteiger partial charge in [-0.15, -0.1) is 0 Å². The summed E-state index contributed by atoms with van der Waals surface area (Å²) in [4.78, 5) is 13.6. The fourth-order valence-electron chi connectivity index (χ4n) is 2.51. The van der Waals surface area contributed by atoms with Crippen LogP contribution < -0.4 is 11.3 Å². The van der Waals surface area contributed by atoms with Gasteiger partial charge in [-0.3, -0.25) is 15.1 Å². The smallest absolute Gasteiger partial charge is 0.238 e. The number of nitrogens with two attached hydrogens (primary N) is 1. The van der Waals surface area contributed by atoms with Gasteiger partial charge in [0.25, 0.3) is 0 Å². The van der Waals surface area contributed by atoms with Gasteiger partial charge in [-0.2, -0.15) is 0 Å². The highest BCUT2D eigenvalue weighted by atomic mass is 16.5. The molecule has 1 aliphatic rings. The van der Waals surface area contributed by atoms with Gasteiger partial charge in [-0.05, 0) is 25.0 Å². The second kappa shape index (κ2) is 6.35. The number of carbonyl (C=O) groups is 1. The first-order valence-corrected chi connectivity index (χ1v) is 6.92. The lowest BCUT2D eigenvalue weighted by atomic mass is 10.1. The van der Waals surface area contributed by atoms with E-state index in [0.717, 1.165) is 31.8 Å². The Hall–Kier alpha value is -1.43. The number of benzene rings is 1. The molecule has 0 aromatic heterocycles. The second-order valence-corrected chi connectivity index (χ2v) is 5.88. The van der Waals surface area contributed by atoms with E-state index in [1.807, 2.05) is 12.1 Å².